The highest BCUT2D eigenvalue weighted by Gasteiger charge is 2.17. The summed E-state index contributed by atoms with van der Waals surface area (Å²) in [6.45, 7) is 2.51. The van der Waals surface area contributed by atoms with Gasteiger partial charge in [0.15, 0.2) is 0 Å². The van der Waals surface area contributed by atoms with Crippen LogP contribution in [0.1, 0.15) is 23.1 Å². The monoisotopic (exact) mass is 478 g/mol. The fraction of sp³-hybridized carbons (Fsp3) is 0.130. The van der Waals surface area contributed by atoms with Gasteiger partial charge in [-0.2, -0.15) is 0 Å². The minimum absolute atomic E-state index is 0.187. The Bertz CT molecular complexity index is 1270. The van der Waals surface area contributed by atoms with Crippen molar-refractivity contribution < 1.29 is 9.53 Å². The standard InChI is InChI=1S/C23H19BrN4O3/c1-2-28(14-20-26-19-6-4-3-5-18(19)22(29)27-20)23(30)15-7-12-21(25-13-15)31-17-10-8-16(24)9-11-17/h3-13H,2,14H2,1H3,(H,26,27,29). The van der Waals surface area contributed by atoms with E-state index >= 15 is 0 Å². The molecule has 1 N–H and O–H groups in total. The maximum atomic E-state index is 13.0. The number of pyridine rings is 1. The Labute approximate surface area is 186 Å². The van der Waals surface area contributed by atoms with Gasteiger partial charge in [-0.15, -0.1) is 0 Å². The van der Waals surface area contributed by atoms with Gasteiger partial charge >= 0.3 is 0 Å². The van der Waals surface area contributed by atoms with Crippen LogP contribution in [0.15, 0.2) is 76.1 Å². The number of H-pyrrole nitrogens is 1. The summed E-state index contributed by atoms with van der Waals surface area (Å²) in [5, 5.41) is 0.520. The Kier molecular flexibility index (Phi) is 6.08. The smallest absolute Gasteiger partial charge is 0.258 e. The number of halogens is 1. The van der Waals surface area contributed by atoms with Crippen LogP contribution in [0.2, 0.25) is 0 Å². The summed E-state index contributed by atoms with van der Waals surface area (Å²) in [5.74, 6) is 1.27. The average molecular weight is 479 g/mol. The minimum Gasteiger partial charge on any atom is -0.439 e. The first-order valence-corrected chi connectivity index (χ1v) is 10.5. The summed E-state index contributed by atoms with van der Waals surface area (Å²) in [6.07, 6.45) is 1.48. The number of nitrogens with one attached hydrogen (secondary N) is 1. The second kappa shape index (κ2) is 9.09. The van der Waals surface area contributed by atoms with Crippen LogP contribution in [-0.4, -0.2) is 32.3 Å². The summed E-state index contributed by atoms with van der Waals surface area (Å²) >= 11 is 3.38. The van der Waals surface area contributed by atoms with Gasteiger partial charge in [0.1, 0.15) is 11.6 Å². The number of carbonyl (C=O) groups excluding carboxylic acids is 1. The van der Waals surface area contributed by atoms with Crippen LogP contribution in [0.5, 0.6) is 11.6 Å². The molecule has 1 amide bonds. The fourth-order valence-corrected chi connectivity index (χ4v) is 3.36. The molecule has 0 saturated heterocycles. The second-order valence-corrected chi connectivity index (χ2v) is 7.71. The first-order valence-electron chi connectivity index (χ1n) is 9.70. The highest BCUT2D eigenvalue weighted by atomic mass is 79.9. The molecule has 0 bridgehead atoms. The van der Waals surface area contributed by atoms with Crippen molar-refractivity contribution in [3.05, 3.63) is 93.1 Å². The van der Waals surface area contributed by atoms with Crippen LogP contribution >= 0.6 is 15.9 Å². The maximum absolute atomic E-state index is 13.0. The van der Waals surface area contributed by atoms with E-state index in [1.807, 2.05) is 37.3 Å². The van der Waals surface area contributed by atoms with Gasteiger partial charge in [-0.05, 0) is 49.4 Å². The number of para-hydroxylation sites is 1. The van der Waals surface area contributed by atoms with Crippen LogP contribution in [0, 0.1) is 0 Å². The van der Waals surface area contributed by atoms with E-state index in [4.69, 9.17) is 4.74 Å². The number of amides is 1. The van der Waals surface area contributed by atoms with Crippen molar-refractivity contribution in [3.63, 3.8) is 0 Å². The van der Waals surface area contributed by atoms with Gasteiger partial charge in [-0.1, -0.05) is 28.1 Å². The van der Waals surface area contributed by atoms with Crippen LogP contribution in [0.4, 0.5) is 0 Å². The van der Waals surface area contributed by atoms with Gasteiger partial charge in [0.2, 0.25) is 5.88 Å². The molecule has 156 valence electrons. The van der Waals surface area contributed by atoms with Gasteiger partial charge < -0.3 is 14.6 Å². The van der Waals surface area contributed by atoms with Crippen LogP contribution in [0.25, 0.3) is 10.9 Å². The van der Waals surface area contributed by atoms with Gasteiger partial charge in [0, 0.05) is 23.3 Å². The van der Waals surface area contributed by atoms with Crippen LogP contribution in [0.3, 0.4) is 0 Å². The number of hydrogen-bond acceptors (Lipinski definition) is 5. The first kappa shape index (κ1) is 20.7. The van der Waals surface area contributed by atoms with E-state index < -0.39 is 0 Å². The Balaban J connectivity index is 1.49. The number of benzene rings is 2. The van der Waals surface area contributed by atoms with E-state index in [-0.39, 0.29) is 18.0 Å². The molecule has 4 rings (SSSR count). The predicted octanol–water partition coefficient (Wildman–Crippen LogP) is 4.54. The summed E-state index contributed by atoms with van der Waals surface area (Å²) in [6, 6.07) is 17.8. The quantitative estimate of drug-likeness (QED) is 0.439. The van der Waals surface area contributed by atoms with Crippen LogP contribution < -0.4 is 10.3 Å². The van der Waals surface area contributed by atoms with E-state index in [0.717, 1.165) is 4.47 Å². The molecule has 7 nitrogen and oxygen atoms in total. The molecule has 0 aliphatic rings. The lowest BCUT2D eigenvalue weighted by atomic mass is 10.2. The number of aromatic nitrogens is 3. The molecule has 8 heteroatoms. The van der Waals surface area contributed by atoms with Crippen molar-refractivity contribution in [1.29, 1.82) is 0 Å². The highest BCUT2D eigenvalue weighted by Crippen LogP contribution is 2.22. The summed E-state index contributed by atoms with van der Waals surface area (Å²) in [4.78, 5) is 38.3. The topological polar surface area (TPSA) is 88.2 Å². The lowest BCUT2D eigenvalue weighted by Gasteiger charge is -2.20. The molecular weight excluding hydrogens is 460 g/mol. The molecule has 0 spiro atoms. The number of hydrogen-bond donors (Lipinski definition) is 1. The largest absolute Gasteiger partial charge is 0.439 e. The normalized spacial score (nSPS) is 10.8. The zero-order valence-corrected chi connectivity index (χ0v) is 18.3. The fourth-order valence-electron chi connectivity index (χ4n) is 3.09. The molecule has 0 aliphatic heterocycles. The Morgan fingerprint density at radius 3 is 2.58 bits per heavy atom. The summed E-state index contributed by atoms with van der Waals surface area (Å²) < 4.78 is 6.65. The van der Waals surface area contributed by atoms with E-state index in [2.05, 4.69) is 30.9 Å². The number of rotatable bonds is 6. The predicted molar refractivity (Wildman–Crippen MR) is 121 cm³/mol. The number of carbonyl (C=O) groups is 1. The highest BCUT2D eigenvalue weighted by molar-refractivity contribution is 9.10. The Hall–Kier alpha value is -3.52. The first-order chi connectivity index (χ1) is 15.0. The number of aromatic amines is 1. The van der Waals surface area contributed by atoms with E-state index in [1.165, 1.54) is 6.20 Å². The number of nitrogens with zero attached hydrogens (tertiary/aromatic N) is 3. The van der Waals surface area contributed by atoms with Gasteiger partial charge in [-0.25, -0.2) is 9.97 Å². The van der Waals surface area contributed by atoms with E-state index in [9.17, 15) is 9.59 Å². The van der Waals surface area contributed by atoms with Crippen LogP contribution in [-0.2, 0) is 6.54 Å². The third-order valence-corrected chi connectivity index (χ3v) is 5.22. The molecule has 2 heterocycles. The zero-order chi connectivity index (χ0) is 21.8. The van der Waals surface area contributed by atoms with Crippen molar-refractivity contribution >= 4 is 32.7 Å². The lowest BCUT2D eigenvalue weighted by Crippen LogP contribution is -2.32. The maximum Gasteiger partial charge on any atom is 0.258 e. The molecule has 0 saturated carbocycles. The van der Waals surface area contributed by atoms with Crippen molar-refractivity contribution in [1.82, 2.24) is 19.9 Å². The molecule has 0 atom stereocenters. The zero-order valence-electron chi connectivity index (χ0n) is 16.7. The van der Waals surface area contributed by atoms with Crippen molar-refractivity contribution in [2.45, 2.75) is 13.5 Å². The third kappa shape index (κ3) is 4.80. The second-order valence-electron chi connectivity index (χ2n) is 6.79. The third-order valence-electron chi connectivity index (χ3n) is 4.69. The van der Waals surface area contributed by atoms with Gasteiger partial charge in [-0.3, -0.25) is 9.59 Å². The molecule has 0 fully saturated rings. The molecular formula is C23H19BrN4O3. The summed E-state index contributed by atoms with van der Waals surface area (Å²) in [5.41, 5.74) is 0.800. The molecule has 0 unspecified atom stereocenters. The molecule has 4 aromatic rings. The minimum atomic E-state index is -0.222. The van der Waals surface area contributed by atoms with Crippen molar-refractivity contribution in [2.75, 3.05) is 6.54 Å². The molecule has 2 aromatic heterocycles. The SMILES string of the molecule is CCN(Cc1nc2ccccc2c(=O)[nH]1)C(=O)c1ccc(Oc2ccc(Br)cc2)nc1. The van der Waals surface area contributed by atoms with Crippen molar-refractivity contribution in [2.24, 2.45) is 0 Å². The Morgan fingerprint density at radius 1 is 1.10 bits per heavy atom. The lowest BCUT2D eigenvalue weighted by molar-refractivity contribution is 0.0748. The van der Waals surface area contributed by atoms with Gasteiger partial charge in [0.05, 0.1) is 23.0 Å². The molecule has 2 aromatic carbocycles. The van der Waals surface area contributed by atoms with Crippen molar-refractivity contribution in [3.8, 4) is 11.6 Å². The average Bonchev–Trinajstić information content (AvgIpc) is 2.79. The molecule has 31 heavy (non-hydrogen) atoms. The number of fused-ring (bicyclic) bond motifs is 1. The number of ether oxygens (including phenoxy) is 1. The molecule has 0 aliphatic carbocycles. The Morgan fingerprint density at radius 2 is 1.87 bits per heavy atom. The van der Waals surface area contributed by atoms with Gasteiger partial charge in [0.25, 0.3) is 11.5 Å². The molecule has 0 radical (unpaired) electrons. The summed E-state index contributed by atoms with van der Waals surface area (Å²) in [7, 11) is 0. The van der Waals surface area contributed by atoms with E-state index in [1.54, 1.807) is 35.2 Å². The van der Waals surface area contributed by atoms with E-state index in [0.29, 0.717) is 40.5 Å².